The first-order chi connectivity index (χ1) is 11.2. The summed E-state index contributed by atoms with van der Waals surface area (Å²) in [5, 5.41) is 7.63. The lowest BCUT2D eigenvalue weighted by Gasteiger charge is -2.09. The van der Waals surface area contributed by atoms with Gasteiger partial charge in [-0.2, -0.15) is 0 Å². The number of fused-ring (bicyclic) bond motifs is 1. The zero-order chi connectivity index (χ0) is 16.2. The molecule has 0 fully saturated rings. The lowest BCUT2D eigenvalue weighted by Crippen LogP contribution is -2.36. The highest BCUT2D eigenvalue weighted by Crippen LogP contribution is 2.15. The molecule has 0 aromatic carbocycles. The number of pyridine rings is 1. The number of aryl methyl sites for hydroxylation is 2. The van der Waals surface area contributed by atoms with E-state index in [4.69, 9.17) is 0 Å². The molecule has 3 aromatic heterocycles. The van der Waals surface area contributed by atoms with Gasteiger partial charge in [0.25, 0.3) is 0 Å². The average Bonchev–Trinajstić information content (AvgIpc) is 3.10. The van der Waals surface area contributed by atoms with Crippen molar-refractivity contribution in [2.75, 3.05) is 7.05 Å². The van der Waals surface area contributed by atoms with E-state index in [-0.39, 0.29) is 24.0 Å². The first-order valence-electron chi connectivity index (χ1n) is 7.46. The summed E-state index contributed by atoms with van der Waals surface area (Å²) in [7, 11) is 1.76. The van der Waals surface area contributed by atoms with Crippen LogP contribution in [0.2, 0.25) is 0 Å². The van der Waals surface area contributed by atoms with Gasteiger partial charge in [-0.15, -0.1) is 35.3 Å². The summed E-state index contributed by atoms with van der Waals surface area (Å²) in [6.07, 6.45) is 4.01. The van der Waals surface area contributed by atoms with E-state index in [1.54, 1.807) is 18.4 Å². The van der Waals surface area contributed by atoms with Crippen LogP contribution in [0.25, 0.3) is 5.65 Å². The van der Waals surface area contributed by atoms with Gasteiger partial charge in [0, 0.05) is 24.3 Å². The third-order valence-corrected chi connectivity index (χ3v) is 4.63. The SMILES string of the molecule is CN=C(NCc1cn2ccccc2n1)NCc1nc(C)c(C)s1.I. The molecule has 128 valence electrons. The maximum atomic E-state index is 4.56. The van der Waals surface area contributed by atoms with Crippen LogP contribution in [0.4, 0.5) is 0 Å². The molecular formula is C16H21IN6S. The fourth-order valence-corrected chi connectivity index (χ4v) is 3.12. The zero-order valence-corrected chi connectivity index (χ0v) is 17.1. The standard InChI is InChI=1S/C16H20N6S.HI/c1-11-12(2)23-15(20-11)9-19-16(17-3)18-8-13-10-22-7-5-4-6-14(22)21-13;/h4-7,10H,8-9H2,1-3H3,(H2,17,18,19);1H. The Labute approximate surface area is 162 Å². The van der Waals surface area contributed by atoms with Crippen LogP contribution in [-0.2, 0) is 13.1 Å². The number of nitrogens with zero attached hydrogens (tertiary/aromatic N) is 4. The third kappa shape index (κ3) is 4.44. The van der Waals surface area contributed by atoms with Crippen molar-refractivity contribution >= 4 is 46.9 Å². The molecule has 0 atom stereocenters. The van der Waals surface area contributed by atoms with Crippen molar-refractivity contribution in [3.05, 3.63) is 51.9 Å². The quantitative estimate of drug-likeness (QED) is 0.360. The molecule has 0 unspecified atom stereocenters. The van der Waals surface area contributed by atoms with E-state index in [2.05, 4.69) is 32.5 Å². The number of hydrogen-bond acceptors (Lipinski definition) is 4. The van der Waals surface area contributed by atoms with Crippen LogP contribution in [0.3, 0.4) is 0 Å². The van der Waals surface area contributed by atoms with Crippen molar-refractivity contribution in [1.29, 1.82) is 0 Å². The van der Waals surface area contributed by atoms with E-state index in [9.17, 15) is 0 Å². The molecule has 0 amide bonds. The maximum absolute atomic E-state index is 4.56. The second-order valence-corrected chi connectivity index (χ2v) is 6.51. The lowest BCUT2D eigenvalue weighted by molar-refractivity contribution is 0.794. The summed E-state index contributed by atoms with van der Waals surface area (Å²) >= 11 is 1.71. The predicted molar refractivity (Wildman–Crippen MR) is 109 cm³/mol. The summed E-state index contributed by atoms with van der Waals surface area (Å²) < 4.78 is 2.01. The van der Waals surface area contributed by atoms with Gasteiger partial charge in [-0.05, 0) is 26.0 Å². The number of halogens is 1. The number of guanidine groups is 1. The summed E-state index contributed by atoms with van der Waals surface area (Å²) in [4.78, 5) is 14.6. The first-order valence-corrected chi connectivity index (χ1v) is 8.27. The summed E-state index contributed by atoms with van der Waals surface area (Å²) in [6, 6.07) is 5.96. The van der Waals surface area contributed by atoms with Crippen molar-refractivity contribution in [2.24, 2.45) is 4.99 Å². The van der Waals surface area contributed by atoms with Gasteiger partial charge in [-0.1, -0.05) is 6.07 Å². The fourth-order valence-electron chi connectivity index (χ4n) is 2.24. The van der Waals surface area contributed by atoms with Gasteiger partial charge >= 0.3 is 0 Å². The molecule has 24 heavy (non-hydrogen) atoms. The lowest BCUT2D eigenvalue weighted by atomic mass is 10.4. The fraction of sp³-hybridized carbons (Fsp3) is 0.312. The minimum atomic E-state index is 0. The molecular weight excluding hydrogens is 435 g/mol. The van der Waals surface area contributed by atoms with Crippen LogP contribution in [0, 0.1) is 13.8 Å². The Balaban J connectivity index is 0.00000208. The molecule has 3 aromatic rings. The van der Waals surface area contributed by atoms with Gasteiger partial charge in [-0.25, -0.2) is 9.97 Å². The van der Waals surface area contributed by atoms with Crippen molar-refractivity contribution in [3.8, 4) is 0 Å². The van der Waals surface area contributed by atoms with E-state index in [0.717, 1.165) is 28.0 Å². The van der Waals surface area contributed by atoms with Crippen LogP contribution in [0.15, 0.2) is 35.6 Å². The molecule has 6 nitrogen and oxygen atoms in total. The summed E-state index contributed by atoms with van der Waals surface area (Å²) in [5.74, 6) is 0.743. The summed E-state index contributed by atoms with van der Waals surface area (Å²) in [6.45, 7) is 5.42. The molecule has 3 rings (SSSR count). The van der Waals surface area contributed by atoms with E-state index in [1.165, 1.54) is 4.88 Å². The summed E-state index contributed by atoms with van der Waals surface area (Å²) in [5.41, 5.74) is 3.01. The van der Waals surface area contributed by atoms with Gasteiger partial charge in [0.2, 0.25) is 0 Å². The first kappa shape index (κ1) is 18.7. The van der Waals surface area contributed by atoms with Crippen LogP contribution < -0.4 is 10.6 Å². The number of hydrogen-bond donors (Lipinski definition) is 2. The maximum Gasteiger partial charge on any atom is 0.191 e. The highest BCUT2D eigenvalue weighted by Gasteiger charge is 2.06. The van der Waals surface area contributed by atoms with E-state index >= 15 is 0 Å². The monoisotopic (exact) mass is 456 g/mol. The van der Waals surface area contributed by atoms with Crippen molar-refractivity contribution in [1.82, 2.24) is 25.0 Å². The molecule has 0 aliphatic carbocycles. The van der Waals surface area contributed by atoms with Gasteiger partial charge in [0.05, 0.1) is 24.5 Å². The van der Waals surface area contributed by atoms with E-state index in [1.807, 2.05) is 41.9 Å². The highest BCUT2D eigenvalue weighted by atomic mass is 127. The largest absolute Gasteiger partial charge is 0.351 e. The normalized spacial score (nSPS) is 11.4. The molecule has 0 aliphatic heterocycles. The Hall–Kier alpha value is -1.68. The van der Waals surface area contributed by atoms with Gasteiger partial charge in [0.1, 0.15) is 10.7 Å². The van der Waals surface area contributed by atoms with Crippen LogP contribution in [0.5, 0.6) is 0 Å². The van der Waals surface area contributed by atoms with Crippen LogP contribution in [0.1, 0.15) is 21.3 Å². The smallest absolute Gasteiger partial charge is 0.191 e. The number of imidazole rings is 1. The molecule has 0 saturated heterocycles. The molecule has 0 saturated carbocycles. The molecule has 8 heteroatoms. The van der Waals surface area contributed by atoms with Gasteiger partial charge in [0.15, 0.2) is 5.96 Å². The van der Waals surface area contributed by atoms with Crippen molar-refractivity contribution < 1.29 is 0 Å². The number of aromatic nitrogens is 3. The van der Waals surface area contributed by atoms with Gasteiger partial charge < -0.3 is 15.0 Å². The van der Waals surface area contributed by atoms with Gasteiger partial charge in [-0.3, -0.25) is 4.99 Å². The van der Waals surface area contributed by atoms with Crippen LogP contribution in [-0.4, -0.2) is 27.4 Å². The minimum absolute atomic E-state index is 0. The number of aliphatic imine (C=N–C) groups is 1. The zero-order valence-electron chi connectivity index (χ0n) is 13.9. The van der Waals surface area contributed by atoms with E-state index in [0.29, 0.717) is 13.1 Å². The Morgan fingerprint density at radius 1 is 1.21 bits per heavy atom. The van der Waals surface area contributed by atoms with Crippen molar-refractivity contribution in [2.45, 2.75) is 26.9 Å². The molecule has 3 heterocycles. The Bertz CT molecular complexity index is 786. The van der Waals surface area contributed by atoms with E-state index < -0.39 is 0 Å². The number of rotatable bonds is 4. The molecule has 0 bridgehead atoms. The molecule has 0 radical (unpaired) electrons. The number of nitrogens with one attached hydrogen (secondary N) is 2. The number of thiazole rings is 1. The molecule has 2 N–H and O–H groups in total. The second-order valence-electron chi connectivity index (χ2n) is 5.23. The Morgan fingerprint density at radius 2 is 2.00 bits per heavy atom. The highest BCUT2D eigenvalue weighted by molar-refractivity contribution is 14.0. The topological polar surface area (TPSA) is 66.6 Å². The molecule has 0 aliphatic rings. The van der Waals surface area contributed by atoms with Crippen molar-refractivity contribution in [3.63, 3.8) is 0 Å². The third-order valence-electron chi connectivity index (χ3n) is 3.55. The predicted octanol–water partition coefficient (Wildman–Crippen LogP) is 2.89. The Morgan fingerprint density at radius 3 is 2.67 bits per heavy atom. The van der Waals surface area contributed by atoms with Crippen LogP contribution >= 0.6 is 35.3 Å². The second kappa shape index (κ2) is 8.43. The Kier molecular flexibility index (Phi) is 6.55. The molecule has 0 spiro atoms. The average molecular weight is 456 g/mol. The minimum Gasteiger partial charge on any atom is -0.351 e.